The van der Waals surface area contributed by atoms with E-state index in [2.05, 4.69) is 46.8 Å². The number of benzene rings is 1. The zero-order valence-corrected chi connectivity index (χ0v) is 27.8. The first-order chi connectivity index (χ1) is 21.5. The van der Waals surface area contributed by atoms with Crippen LogP contribution in [-0.2, 0) is 37.5 Å². The molecule has 10 heteroatoms. The van der Waals surface area contributed by atoms with Gasteiger partial charge in [-0.15, -0.1) is 5.73 Å². The molecule has 246 valence electrons. The molecule has 0 spiro atoms. The van der Waals surface area contributed by atoms with Crippen molar-refractivity contribution in [2.45, 2.75) is 84.2 Å². The molecule has 10 nitrogen and oxygen atoms in total. The molecule has 2 aliphatic rings. The molecule has 1 aliphatic heterocycles. The highest BCUT2D eigenvalue weighted by Gasteiger charge is 2.42. The van der Waals surface area contributed by atoms with Crippen LogP contribution in [-0.4, -0.2) is 58.4 Å². The van der Waals surface area contributed by atoms with Gasteiger partial charge in [0.1, 0.15) is 11.3 Å². The smallest absolute Gasteiger partial charge is 0.253 e. The maximum absolute atomic E-state index is 13.8. The molecule has 2 heterocycles. The second-order valence-corrected chi connectivity index (χ2v) is 11.1. The van der Waals surface area contributed by atoms with E-state index >= 15 is 0 Å². The van der Waals surface area contributed by atoms with E-state index in [1.807, 2.05) is 61.0 Å². The summed E-state index contributed by atoms with van der Waals surface area (Å²) < 4.78 is 7.34. The topological polar surface area (TPSA) is 160 Å². The van der Waals surface area contributed by atoms with Gasteiger partial charge in [0.15, 0.2) is 0 Å². The number of hydrogen-bond donors (Lipinski definition) is 3. The van der Waals surface area contributed by atoms with Crippen LogP contribution in [0.4, 0.5) is 0 Å². The Hall–Kier alpha value is -4.40. The third kappa shape index (κ3) is 12.3. The fraction of sp³-hybridized carbons (Fsp3) is 0.457. The van der Waals surface area contributed by atoms with Crippen molar-refractivity contribution in [1.29, 1.82) is 0 Å². The van der Waals surface area contributed by atoms with Gasteiger partial charge >= 0.3 is 0 Å². The van der Waals surface area contributed by atoms with Gasteiger partial charge in [-0.05, 0) is 82.6 Å². The van der Waals surface area contributed by atoms with E-state index in [0.717, 1.165) is 62.9 Å². The van der Waals surface area contributed by atoms with E-state index in [1.165, 1.54) is 5.56 Å². The molecular weight excluding hydrogens is 568 g/mol. The number of unbranched alkanes of at least 4 members (excludes halogenated alkanes) is 1. The molecule has 0 saturated carbocycles. The summed E-state index contributed by atoms with van der Waals surface area (Å²) >= 11 is 0. The molecule has 1 saturated heterocycles. The molecule has 1 unspecified atom stereocenters. The molecule has 2 aromatic rings. The number of allylic oxidation sites excluding steroid dienone is 3. The van der Waals surface area contributed by atoms with Gasteiger partial charge in [0.2, 0.25) is 12.3 Å². The first kappa shape index (κ1) is 38.6. The van der Waals surface area contributed by atoms with Crippen LogP contribution < -0.4 is 17.2 Å². The van der Waals surface area contributed by atoms with Crippen LogP contribution in [0, 0.1) is 0 Å². The Morgan fingerprint density at radius 1 is 1.02 bits per heavy atom. The normalized spacial score (nSPS) is 14.9. The lowest BCUT2D eigenvalue weighted by molar-refractivity contribution is -0.137. The Kier molecular flexibility index (Phi) is 17.0. The van der Waals surface area contributed by atoms with Gasteiger partial charge in [-0.25, -0.2) is 4.98 Å². The van der Waals surface area contributed by atoms with Crippen LogP contribution in [0.15, 0.2) is 84.2 Å². The summed E-state index contributed by atoms with van der Waals surface area (Å²) in [6.45, 7) is 10.7. The summed E-state index contributed by atoms with van der Waals surface area (Å²) in [7, 11) is 1.64. The lowest BCUT2D eigenvalue weighted by Gasteiger charge is -2.34. The summed E-state index contributed by atoms with van der Waals surface area (Å²) in [6.07, 6.45) is 17.9. The van der Waals surface area contributed by atoms with Crippen LogP contribution >= 0.6 is 0 Å². The number of carbonyl (C=O) groups is 3. The van der Waals surface area contributed by atoms with Crippen LogP contribution in [0.2, 0.25) is 0 Å². The lowest BCUT2D eigenvalue weighted by Crippen LogP contribution is -2.48. The van der Waals surface area contributed by atoms with E-state index < -0.39 is 17.0 Å². The van der Waals surface area contributed by atoms with E-state index in [-0.39, 0.29) is 12.3 Å². The molecule has 1 fully saturated rings. The summed E-state index contributed by atoms with van der Waals surface area (Å²) in [5.41, 5.74) is 18.9. The first-order valence-electron chi connectivity index (χ1n) is 15.5. The second kappa shape index (κ2) is 19.8. The maximum Gasteiger partial charge on any atom is 0.253 e. The molecule has 1 aromatic heterocycles. The molecule has 1 aromatic carbocycles. The van der Waals surface area contributed by atoms with Crippen molar-refractivity contribution in [3.05, 3.63) is 95.5 Å². The van der Waals surface area contributed by atoms with Crippen molar-refractivity contribution >= 4 is 18.2 Å². The number of carbonyl (C=O) groups excluding carboxylic acids is 3. The molecule has 45 heavy (non-hydrogen) atoms. The SMILES string of the molecule is CC.CC(C)(N)C(N)=O.COC1=CC=C(C(C)(C(=O)N2CCCC2)n2cnc(CCCCc3ccccc3)c2)C=C=C1.NC=O. The number of rotatable bonds is 10. The minimum atomic E-state index is -0.889. The van der Waals surface area contributed by atoms with Crippen LogP contribution in [0.1, 0.15) is 71.6 Å². The summed E-state index contributed by atoms with van der Waals surface area (Å²) in [5.74, 6) is 0.334. The number of amides is 3. The molecule has 3 amide bonds. The molecule has 0 radical (unpaired) electrons. The Labute approximate surface area is 268 Å². The third-order valence-corrected chi connectivity index (χ3v) is 7.28. The number of methoxy groups -OCH3 is 1. The summed E-state index contributed by atoms with van der Waals surface area (Å²) in [6, 6.07) is 10.6. The predicted molar refractivity (Wildman–Crippen MR) is 180 cm³/mol. The summed E-state index contributed by atoms with van der Waals surface area (Å²) in [4.78, 5) is 39.1. The summed E-state index contributed by atoms with van der Waals surface area (Å²) in [5, 5.41) is 0. The largest absolute Gasteiger partial charge is 0.496 e. The number of aryl methyl sites for hydroxylation is 2. The van der Waals surface area contributed by atoms with Crippen molar-refractivity contribution in [2.24, 2.45) is 17.2 Å². The highest BCUT2D eigenvalue weighted by Crippen LogP contribution is 2.32. The average Bonchev–Trinajstić information content (AvgIpc) is 3.69. The van der Waals surface area contributed by atoms with Crippen LogP contribution in [0.25, 0.3) is 0 Å². The number of nitrogens with zero attached hydrogens (tertiary/aromatic N) is 3. The number of ether oxygens (including phenoxy) is 1. The fourth-order valence-corrected chi connectivity index (χ4v) is 4.54. The van der Waals surface area contributed by atoms with Gasteiger partial charge in [-0.1, -0.05) is 50.3 Å². The van der Waals surface area contributed by atoms with E-state index in [0.29, 0.717) is 5.76 Å². The maximum atomic E-state index is 13.8. The van der Waals surface area contributed by atoms with Crippen molar-refractivity contribution < 1.29 is 19.1 Å². The lowest BCUT2D eigenvalue weighted by atomic mass is 9.89. The van der Waals surface area contributed by atoms with Gasteiger partial charge in [-0.2, -0.15) is 0 Å². The molecular formula is C35H52N6O4. The Balaban J connectivity index is 0.000000726. The van der Waals surface area contributed by atoms with E-state index in [1.54, 1.807) is 27.0 Å². The Morgan fingerprint density at radius 3 is 2.16 bits per heavy atom. The van der Waals surface area contributed by atoms with E-state index in [9.17, 15) is 9.59 Å². The molecule has 1 atom stereocenters. The highest BCUT2D eigenvalue weighted by atomic mass is 16.5. The van der Waals surface area contributed by atoms with Crippen molar-refractivity contribution in [3.63, 3.8) is 0 Å². The van der Waals surface area contributed by atoms with Gasteiger partial charge in [0.05, 0.1) is 24.7 Å². The Morgan fingerprint density at radius 2 is 1.60 bits per heavy atom. The van der Waals surface area contributed by atoms with E-state index in [4.69, 9.17) is 21.0 Å². The molecule has 6 N–H and O–H groups in total. The number of primary amides is 2. The molecule has 0 bridgehead atoms. The minimum Gasteiger partial charge on any atom is -0.496 e. The third-order valence-electron chi connectivity index (χ3n) is 7.28. The quantitative estimate of drug-likeness (QED) is 0.204. The van der Waals surface area contributed by atoms with Crippen molar-refractivity contribution in [3.8, 4) is 0 Å². The monoisotopic (exact) mass is 620 g/mol. The molecule has 1 aliphatic carbocycles. The number of imidazole rings is 1. The zero-order chi connectivity index (χ0) is 33.9. The fourth-order valence-electron chi connectivity index (χ4n) is 4.54. The Bertz CT molecular complexity index is 1330. The number of nitrogens with two attached hydrogens (primary N) is 3. The van der Waals surface area contributed by atoms with Crippen LogP contribution in [0.5, 0.6) is 0 Å². The average molecular weight is 621 g/mol. The number of hydrogen-bond acceptors (Lipinski definition) is 6. The second-order valence-electron chi connectivity index (χ2n) is 11.1. The van der Waals surface area contributed by atoms with Gasteiger partial charge in [0, 0.05) is 25.4 Å². The van der Waals surface area contributed by atoms with Crippen molar-refractivity contribution in [2.75, 3.05) is 20.2 Å². The highest BCUT2D eigenvalue weighted by molar-refractivity contribution is 5.88. The number of likely N-dealkylation sites (tertiary alicyclic amines) is 1. The minimum absolute atomic E-state index is 0.103. The van der Waals surface area contributed by atoms with Gasteiger partial charge in [0.25, 0.3) is 5.91 Å². The van der Waals surface area contributed by atoms with Gasteiger partial charge in [-0.3, -0.25) is 14.4 Å². The van der Waals surface area contributed by atoms with Crippen molar-refractivity contribution in [1.82, 2.24) is 14.5 Å². The predicted octanol–water partition coefficient (Wildman–Crippen LogP) is 4.30. The first-order valence-corrected chi connectivity index (χ1v) is 15.5. The standard InChI is InChI=1S/C28H33N3O2.C4H10N2O.C2H6.CH3NO/c1-28(27(32)30-19-8-9-20-30,24-14-10-16-26(33-2)18-17-24)31-21-25(29-22-31)15-7-6-13-23-11-4-3-5-12-23;1-4(2,6)3(5)7;1-2;2-1-3/h3-5,11-12,14,16-18,21-22H,6-9,13,15,19-20H2,1-2H3;6H2,1-2H3,(H2,5,7);1-2H3;1H,(H2,2,3). The zero-order valence-electron chi connectivity index (χ0n) is 27.8. The molecule has 4 rings (SSSR count). The van der Waals surface area contributed by atoms with Gasteiger partial charge < -0.3 is 31.4 Å². The van der Waals surface area contributed by atoms with Crippen LogP contribution in [0.3, 0.4) is 0 Å². The number of aromatic nitrogens is 2.